The van der Waals surface area contributed by atoms with Crippen molar-refractivity contribution in [2.75, 3.05) is 0 Å². The van der Waals surface area contributed by atoms with Gasteiger partial charge in [0.05, 0.1) is 6.33 Å². The number of fused-ring (bicyclic) bond motifs is 1. The summed E-state index contributed by atoms with van der Waals surface area (Å²) in [6, 6.07) is 0.187. The molecule has 1 amide bonds. The van der Waals surface area contributed by atoms with Crippen LogP contribution in [-0.4, -0.2) is 27.8 Å². The number of carbonyl (C=O) groups is 1. The fourth-order valence-electron chi connectivity index (χ4n) is 2.33. The van der Waals surface area contributed by atoms with E-state index in [1.54, 1.807) is 0 Å². The summed E-state index contributed by atoms with van der Waals surface area (Å²) >= 11 is 0. The molecule has 1 aliphatic heterocycles. The van der Waals surface area contributed by atoms with Gasteiger partial charge in [0.2, 0.25) is 0 Å². The van der Waals surface area contributed by atoms with Gasteiger partial charge in [-0.15, -0.1) is 0 Å². The van der Waals surface area contributed by atoms with Crippen LogP contribution in [0.15, 0.2) is 12.5 Å². The van der Waals surface area contributed by atoms with Crippen LogP contribution in [0.1, 0.15) is 31.4 Å². The zero-order chi connectivity index (χ0) is 11.7. The Kier molecular flexibility index (Phi) is 2.74. The molecule has 17 heavy (non-hydrogen) atoms. The lowest BCUT2D eigenvalue weighted by Gasteiger charge is -2.28. The molecule has 0 saturated heterocycles. The lowest BCUT2D eigenvalue weighted by molar-refractivity contribution is 0.0497. The van der Waals surface area contributed by atoms with Crippen LogP contribution in [0.5, 0.6) is 0 Å². The van der Waals surface area contributed by atoms with Gasteiger partial charge in [-0.2, -0.15) is 0 Å². The van der Waals surface area contributed by atoms with Gasteiger partial charge in [-0.25, -0.2) is 9.78 Å². The number of alkyl carbamates (subject to hydrolysis) is 1. The fourth-order valence-corrected chi connectivity index (χ4v) is 2.33. The Labute approximate surface area is 100 Å². The van der Waals surface area contributed by atoms with Crippen molar-refractivity contribution >= 4 is 6.09 Å². The largest absolute Gasteiger partial charge is 0.446 e. The van der Waals surface area contributed by atoms with Crippen LogP contribution in [0.4, 0.5) is 4.79 Å². The van der Waals surface area contributed by atoms with Crippen molar-refractivity contribution in [1.82, 2.24) is 14.9 Å². The monoisotopic (exact) mass is 235 g/mol. The van der Waals surface area contributed by atoms with Gasteiger partial charge in [0.15, 0.2) is 0 Å². The van der Waals surface area contributed by atoms with Crippen molar-refractivity contribution in [2.45, 2.75) is 50.8 Å². The zero-order valence-electron chi connectivity index (χ0n) is 9.76. The highest BCUT2D eigenvalue weighted by Crippen LogP contribution is 2.22. The number of ether oxygens (including phenoxy) is 1. The van der Waals surface area contributed by atoms with Gasteiger partial charge in [-0.1, -0.05) is 0 Å². The minimum atomic E-state index is -0.257. The number of aryl methyl sites for hydroxylation is 1. The molecule has 2 heterocycles. The summed E-state index contributed by atoms with van der Waals surface area (Å²) in [6.45, 7) is 0.920. The Bertz CT molecular complexity index is 412. The number of rotatable bonds is 2. The molecule has 1 aliphatic carbocycles. The van der Waals surface area contributed by atoms with Gasteiger partial charge < -0.3 is 14.6 Å². The SMILES string of the molecule is O=C(N[C@@H]1CCn2cncc2C1)OC1CCC1. The molecular weight excluding hydrogens is 218 g/mol. The molecule has 1 atom stereocenters. The third-order valence-electron chi connectivity index (χ3n) is 3.62. The standard InChI is InChI=1S/C12H17N3O2/c16-12(17-11-2-1-3-11)14-9-4-5-15-8-13-7-10(15)6-9/h7-9,11H,1-6H2,(H,14,16)/t9-/m1/s1. The molecule has 3 rings (SSSR count). The third kappa shape index (κ3) is 2.28. The molecule has 0 unspecified atom stereocenters. The molecule has 92 valence electrons. The van der Waals surface area contributed by atoms with Crippen LogP contribution in [0.2, 0.25) is 0 Å². The van der Waals surface area contributed by atoms with Crippen LogP contribution >= 0.6 is 0 Å². The van der Waals surface area contributed by atoms with Crippen LogP contribution < -0.4 is 5.32 Å². The second-order valence-electron chi connectivity index (χ2n) is 4.87. The number of amides is 1. The maximum absolute atomic E-state index is 11.6. The molecule has 5 nitrogen and oxygen atoms in total. The van der Waals surface area contributed by atoms with E-state index in [1.807, 2.05) is 12.5 Å². The molecule has 0 radical (unpaired) electrons. The molecule has 0 spiro atoms. The maximum atomic E-state index is 11.6. The molecule has 1 saturated carbocycles. The lowest BCUT2D eigenvalue weighted by Crippen LogP contribution is -2.42. The van der Waals surface area contributed by atoms with E-state index < -0.39 is 0 Å². The summed E-state index contributed by atoms with van der Waals surface area (Å²) in [4.78, 5) is 15.7. The quantitative estimate of drug-likeness (QED) is 0.844. The maximum Gasteiger partial charge on any atom is 0.407 e. The molecule has 2 aliphatic rings. The molecule has 1 fully saturated rings. The van der Waals surface area contributed by atoms with Gasteiger partial charge >= 0.3 is 6.09 Å². The van der Waals surface area contributed by atoms with Crippen molar-refractivity contribution < 1.29 is 9.53 Å². The number of nitrogens with zero attached hydrogens (tertiary/aromatic N) is 2. The average molecular weight is 235 g/mol. The van der Waals surface area contributed by atoms with Gasteiger partial charge in [0.25, 0.3) is 0 Å². The summed E-state index contributed by atoms with van der Waals surface area (Å²) in [5.74, 6) is 0. The van der Waals surface area contributed by atoms with Crippen LogP contribution in [0.3, 0.4) is 0 Å². The second kappa shape index (κ2) is 4.39. The van der Waals surface area contributed by atoms with E-state index in [-0.39, 0.29) is 18.2 Å². The summed E-state index contributed by atoms with van der Waals surface area (Å²) in [5, 5.41) is 2.95. The lowest BCUT2D eigenvalue weighted by atomic mass is 9.96. The number of hydrogen-bond donors (Lipinski definition) is 1. The van der Waals surface area contributed by atoms with Crippen LogP contribution in [-0.2, 0) is 17.7 Å². The smallest absolute Gasteiger partial charge is 0.407 e. The normalized spacial score (nSPS) is 23.6. The highest BCUT2D eigenvalue weighted by molar-refractivity contribution is 5.68. The fraction of sp³-hybridized carbons (Fsp3) is 0.667. The van der Waals surface area contributed by atoms with Crippen molar-refractivity contribution in [3.8, 4) is 0 Å². The highest BCUT2D eigenvalue weighted by Gasteiger charge is 2.24. The van der Waals surface area contributed by atoms with Gasteiger partial charge in [0, 0.05) is 30.9 Å². The first-order valence-corrected chi connectivity index (χ1v) is 6.27. The van der Waals surface area contributed by atoms with E-state index >= 15 is 0 Å². The van der Waals surface area contributed by atoms with E-state index in [1.165, 1.54) is 12.1 Å². The molecule has 1 aromatic rings. The number of carbonyl (C=O) groups excluding carboxylic acids is 1. The number of nitrogens with one attached hydrogen (secondary N) is 1. The number of imidazole rings is 1. The third-order valence-corrected chi connectivity index (χ3v) is 3.62. The molecule has 5 heteroatoms. The first-order valence-electron chi connectivity index (χ1n) is 6.27. The Balaban J connectivity index is 1.51. The van der Waals surface area contributed by atoms with Gasteiger partial charge in [0.1, 0.15) is 6.10 Å². The van der Waals surface area contributed by atoms with E-state index in [2.05, 4.69) is 14.9 Å². The van der Waals surface area contributed by atoms with Gasteiger partial charge in [-0.3, -0.25) is 0 Å². The highest BCUT2D eigenvalue weighted by atomic mass is 16.6. The Morgan fingerprint density at radius 2 is 2.35 bits per heavy atom. The van der Waals surface area contributed by atoms with Crippen molar-refractivity contribution in [3.63, 3.8) is 0 Å². The van der Waals surface area contributed by atoms with E-state index in [0.717, 1.165) is 32.2 Å². The molecular formula is C12H17N3O2. The predicted molar refractivity (Wildman–Crippen MR) is 61.6 cm³/mol. The van der Waals surface area contributed by atoms with Crippen LogP contribution in [0, 0.1) is 0 Å². The van der Waals surface area contributed by atoms with E-state index in [9.17, 15) is 4.79 Å². The average Bonchev–Trinajstić information content (AvgIpc) is 2.71. The summed E-state index contributed by atoms with van der Waals surface area (Å²) in [6.07, 6.45) is 8.62. The topological polar surface area (TPSA) is 56.2 Å². The van der Waals surface area contributed by atoms with Crippen molar-refractivity contribution in [3.05, 3.63) is 18.2 Å². The Hall–Kier alpha value is -1.52. The molecule has 1 aromatic heterocycles. The van der Waals surface area contributed by atoms with E-state index in [4.69, 9.17) is 4.74 Å². The van der Waals surface area contributed by atoms with Gasteiger partial charge in [-0.05, 0) is 25.7 Å². The summed E-state index contributed by atoms with van der Waals surface area (Å²) in [5.41, 5.74) is 1.19. The first-order chi connectivity index (χ1) is 8.31. The Morgan fingerprint density at radius 3 is 3.12 bits per heavy atom. The van der Waals surface area contributed by atoms with Crippen molar-refractivity contribution in [2.24, 2.45) is 0 Å². The minimum absolute atomic E-state index is 0.157. The minimum Gasteiger partial charge on any atom is -0.446 e. The zero-order valence-corrected chi connectivity index (χ0v) is 9.76. The number of hydrogen-bond acceptors (Lipinski definition) is 3. The molecule has 1 N–H and O–H groups in total. The Morgan fingerprint density at radius 1 is 1.47 bits per heavy atom. The van der Waals surface area contributed by atoms with Crippen molar-refractivity contribution in [1.29, 1.82) is 0 Å². The second-order valence-corrected chi connectivity index (χ2v) is 4.87. The summed E-state index contributed by atoms with van der Waals surface area (Å²) in [7, 11) is 0. The summed E-state index contributed by atoms with van der Waals surface area (Å²) < 4.78 is 7.42. The first kappa shape index (κ1) is 10.6. The predicted octanol–water partition coefficient (Wildman–Crippen LogP) is 1.48. The number of aromatic nitrogens is 2. The molecule has 0 aromatic carbocycles. The van der Waals surface area contributed by atoms with E-state index in [0.29, 0.717) is 0 Å². The molecule has 0 bridgehead atoms. The van der Waals surface area contributed by atoms with Crippen LogP contribution in [0.25, 0.3) is 0 Å².